The molecule has 0 aromatic rings. The topological polar surface area (TPSA) is 317 Å². The highest BCUT2D eigenvalue weighted by Gasteiger charge is 2.54. The van der Waals surface area contributed by atoms with Crippen molar-refractivity contribution in [3.8, 4) is 0 Å². The van der Waals surface area contributed by atoms with Crippen LogP contribution in [0, 0.1) is 0 Å². The molecule has 0 bridgehead atoms. The number of hydrogen-bond donors (Lipinski definition) is 12. The Morgan fingerprint density at radius 2 is 0.978 bits per heavy atom. The largest absolute Gasteiger partial charge is 0.394 e. The van der Waals surface area contributed by atoms with Gasteiger partial charge in [-0.2, -0.15) is 0 Å². The van der Waals surface area contributed by atoms with Crippen LogP contribution < -0.4 is 0 Å². The third kappa shape index (κ3) is 7.60. The van der Waals surface area contributed by atoms with Gasteiger partial charge in [0.1, 0.15) is 91.6 Å². The second-order valence-electron chi connectivity index (χ2n) is 11.4. The standard InChI is InChI=1S/C25H44O20/c1-6-10(28)14(32)18(36)24(40-6)45-21-16(34)12(30)8(4-27)42-25(21)44-20-13(31)9(43-22(38-2)19(20)37)5-39-23-17(35)15(33)11(29)7(3-26)41-23/h6-37H,3-5H2,1-2H3/t6-,7+,8+,9+,10+,11-,12-,13-,14+,15-,16-,17+,18-,19+,20-,21+,22+,23+,24-,25-/m0/s1. The minimum atomic E-state index is -1.88. The summed E-state index contributed by atoms with van der Waals surface area (Å²) >= 11 is 0. The maximum absolute atomic E-state index is 11.2. The van der Waals surface area contributed by atoms with Crippen LogP contribution in [0.4, 0.5) is 0 Å². The average Bonchev–Trinajstić information content (AvgIpc) is 3.03. The summed E-state index contributed by atoms with van der Waals surface area (Å²) in [6, 6.07) is 0. The molecule has 264 valence electrons. The van der Waals surface area contributed by atoms with Crippen LogP contribution >= 0.6 is 0 Å². The van der Waals surface area contributed by atoms with Crippen molar-refractivity contribution in [1.29, 1.82) is 0 Å². The summed E-state index contributed by atoms with van der Waals surface area (Å²) in [5, 5.41) is 123. The van der Waals surface area contributed by atoms with Gasteiger partial charge in [-0.3, -0.25) is 0 Å². The van der Waals surface area contributed by atoms with E-state index in [1.54, 1.807) is 0 Å². The molecule has 0 saturated carbocycles. The third-order valence-electron chi connectivity index (χ3n) is 8.36. The normalized spacial score (nSPS) is 52.9. The predicted octanol–water partition coefficient (Wildman–Crippen LogP) is -8.07. The maximum Gasteiger partial charge on any atom is 0.187 e. The lowest BCUT2D eigenvalue weighted by molar-refractivity contribution is -0.388. The summed E-state index contributed by atoms with van der Waals surface area (Å²) in [6.07, 6.45) is -32.5. The van der Waals surface area contributed by atoms with Gasteiger partial charge in [-0.25, -0.2) is 0 Å². The zero-order valence-electron chi connectivity index (χ0n) is 24.3. The summed E-state index contributed by atoms with van der Waals surface area (Å²) in [7, 11) is 1.16. The van der Waals surface area contributed by atoms with E-state index < -0.39 is 143 Å². The zero-order valence-corrected chi connectivity index (χ0v) is 24.3. The Balaban J connectivity index is 1.51. The van der Waals surface area contributed by atoms with E-state index in [1.165, 1.54) is 6.92 Å². The molecule has 0 spiro atoms. The molecule has 4 heterocycles. The number of rotatable bonds is 10. The lowest BCUT2D eigenvalue weighted by Crippen LogP contribution is -2.67. The molecule has 20 heteroatoms. The van der Waals surface area contributed by atoms with Gasteiger partial charge < -0.3 is 99.2 Å². The van der Waals surface area contributed by atoms with E-state index in [0.29, 0.717) is 0 Å². The van der Waals surface area contributed by atoms with Crippen LogP contribution in [0.25, 0.3) is 0 Å². The Hall–Kier alpha value is -0.800. The first-order valence-corrected chi connectivity index (χ1v) is 14.3. The first-order valence-electron chi connectivity index (χ1n) is 14.3. The van der Waals surface area contributed by atoms with E-state index in [4.69, 9.17) is 37.9 Å². The highest BCUT2D eigenvalue weighted by atomic mass is 16.8. The fourth-order valence-corrected chi connectivity index (χ4v) is 5.54. The second-order valence-corrected chi connectivity index (χ2v) is 11.4. The zero-order chi connectivity index (χ0) is 33.3. The molecule has 0 radical (unpaired) electrons. The Bertz CT molecular complexity index is 916. The average molecular weight is 665 g/mol. The molecule has 0 amide bonds. The van der Waals surface area contributed by atoms with Gasteiger partial charge in [0.25, 0.3) is 0 Å². The van der Waals surface area contributed by atoms with E-state index in [2.05, 4.69) is 0 Å². The fourth-order valence-electron chi connectivity index (χ4n) is 5.54. The number of ether oxygens (including phenoxy) is 8. The van der Waals surface area contributed by atoms with Gasteiger partial charge >= 0.3 is 0 Å². The van der Waals surface area contributed by atoms with Gasteiger partial charge in [0.2, 0.25) is 0 Å². The van der Waals surface area contributed by atoms with Crippen LogP contribution in [0.3, 0.4) is 0 Å². The molecule has 0 unspecified atom stereocenters. The smallest absolute Gasteiger partial charge is 0.187 e. The van der Waals surface area contributed by atoms with Crippen molar-refractivity contribution in [3.63, 3.8) is 0 Å². The van der Waals surface area contributed by atoms with Crippen molar-refractivity contribution < 1.29 is 99.2 Å². The Morgan fingerprint density at radius 3 is 1.58 bits per heavy atom. The SMILES string of the molecule is CO[C@@H]1O[C@H](CO[C@@H]2O[C@H](CO)[C@H](O)[C@H](O)[C@H]2O)[C@H](O)[C@H](O[C@@H]2O[C@H](CO)[C@H](O)[C@H](O)[C@H]2O[C@@H]2O[C@@H](C)[C@@H](O)[C@@H](O)[C@@H]2O)[C@H]1O. The quantitative estimate of drug-likeness (QED) is 0.103. The molecule has 4 fully saturated rings. The van der Waals surface area contributed by atoms with Crippen LogP contribution in [0.1, 0.15) is 6.92 Å². The van der Waals surface area contributed by atoms with Crippen LogP contribution in [0.5, 0.6) is 0 Å². The molecule has 0 aliphatic carbocycles. The lowest BCUT2D eigenvalue weighted by Gasteiger charge is -2.48. The third-order valence-corrected chi connectivity index (χ3v) is 8.36. The highest BCUT2D eigenvalue weighted by molar-refractivity contribution is 4.96. The number of hydrogen-bond acceptors (Lipinski definition) is 20. The summed E-state index contributed by atoms with van der Waals surface area (Å²) in [6.45, 7) is -0.754. The van der Waals surface area contributed by atoms with Gasteiger partial charge in [-0.1, -0.05) is 0 Å². The number of methoxy groups -OCH3 is 1. The Labute approximate surface area is 256 Å². The second kappa shape index (κ2) is 15.6. The van der Waals surface area contributed by atoms with Crippen molar-refractivity contribution >= 4 is 0 Å². The molecule has 20 nitrogen and oxygen atoms in total. The molecule has 45 heavy (non-hydrogen) atoms. The Kier molecular flexibility index (Phi) is 12.8. The first kappa shape index (κ1) is 37.0. The minimum Gasteiger partial charge on any atom is -0.394 e. The monoisotopic (exact) mass is 664 g/mol. The summed E-state index contributed by atoms with van der Waals surface area (Å²) < 4.78 is 43.9. The van der Waals surface area contributed by atoms with E-state index in [1.807, 2.05) is 0 Å². The van der Waals surface area contributed by atoms with Crippen LogP contribution in [-0.4, -0.2) is 211 Å². The molecule has 4 aliphatic rings. The van der Waals surface area contributed by atoms with Crippen molar-refractivity contribution in [2.45, 2.75) is 130 Å². The minimum absolute atomic E-state index is 0.595. The van der Waals surface area contributed by atoms with E-state index in [0.717, 1.165) is 7.11 Å². The highest BCUT2D eigenvalue weighted by Crippen LogP contribution is 2.33. The Morgan fingerprint density at radius 1 is 0.467 bits per heavy atom. The van der Waals surface area contributed by atoms with Crippen molar-refractivity contribution in [2.24, 2.45) is 0 Å². The van der Waals surface area contributed by atoms with Crippen LogP contribution in [0.2, 0.25) is 0 Å². The van der Waals surface area contributed by atoms with Crippen LogP contribution in [-0.2, 0) is 37.9 Å². The molecular formula is C25H44O20. The summed E-state index contributed by atoms with van der Waals surface area (Å²) in [5.41, 5.74) is 0. The van der Waals surface area contributed by atoms with Gasteiger partial charge in [0.05, 0.1) is 25.9 Å². The molecule has 0 aromatic carbocycles. The maximum atomic E-state index is 11.2. The van der Waals surface area contributed by atoms with Gasteiger partial charge in [0.15, 0.2) is 25.2 Å². The van der Waals surface area contributed by atoms with E-state index >= 15 is 0 Å². The van der Waals surface area contributed by atoms with E-state index in [-0.39, 0.29) is 0 Å². The van der Waals surface area contributed by atoms with Gasteiger partial charge in [-0.15, -0.1) is 0 Å². The van der Waals surface area contributed by atoms with Crippen molar-refractivity contribution in [3.05, 3.63) is 0 Å². The molecule has 12 N–H and O–H groups in total. The number of aliphatic hydroxyl groups is 12. The first-order chi connectivity index (χ1) is 21.2. The van der Waals surface area contributed by atoms with Crippen molar-refractivity contribution in [1.82, 2.24) is 0 Å². The van der Waals surface area contributed by atoms with Gasteiger partial charge in [0, 0.05) is 7.11 Å². The molecule has 4 rings (SSSR count). The van der Waals surface area contributed by atoms with E-state index in [9.17, 15) is 61.3 Å². The molecular weight excluding hydrogens is 620 g/mol. The predicted molar refractivity (Wildman–Crippen MR) is 137 cm³/mol. The molecule has 4 saturated heterocycles. The molecule has 0 aromatic heterocycles. The molecule has 4 aliphatic heterocycles. The van der Waals surface area contributed by atoms with Crippen LogP contribution in [0.15, 0.2) is 0 Å². The summed E-state index contributed by atoms with van der Waals surface area (Å²) in [5.74, 6) is 0. The van der Waals surface area contributed by atoms with Crippen molar-refractivity contribution in [2.75, 3.05) is 26.9 Å². The fraction of sp³-hybridized carbons (Fsp3) is 1.00. The van der Waals surface area contributed by atoms with Gasteiger partial charge in [-0.05, 0) is 6.92 Å². The lowest BCUT2D eigenvalue weighted by atomic mass is 9.96. The number of aliphatic hydroxyl groups excluding tert-OH is 12. The summed E-state index contributed by atoms with van der Waals surface area (Å²) in [4.78, 5) is 0. The molecule has 20 atom stereocenters.